The van der Waals surface area contributed by atoms with Crippen LogP contribution in [0.25, 0.3) is 0 Å². The molecule has 0 spiro atoms. The van der Waals surface area contributed by atoms with Gasteiger partial charge in [0.25, 0.3) is 0 Å². The zero-order valence-electron chi connectivity index (χ0n) is 10.1. The molecule has 0 aliphatic heterocycles. The molecule has 1 aromatic rings. The topological polar surface area (TPSA) is 53.2 Å². The van der Waals surface area contributed by atoms with E-state index in [1.54, 1.807) is 0 Å². The highest BCUT2D eigenvalue weighted by molar-refractivity contribution is 5.89. The Morgan fingerprint density at radius 3 is 2.59 bits per heavy atom. The molecule has 2 amide bonds. The lowest BCUT2D eigenvalue weighted by Gasteiger charge is -2.07. The van der Waals surface area contributed by atoms with Crippen LogP contribution in [0, 0.1) is 0 Å². The second kappa shape index (κ2) is 5.68. The first-order chi connectivity index (χ1) is 8.28. The standard InChI is InChI=1S/C13H19N3O/c1-2-14-9-10-3-5-11(6-4-10)15-13(17)16-12-7-8-12/h3-6,12,14H,2,7-9H2,1H3,(H2,15,16,17). The van der Waals surface area contributed by atoms with Crippen molar-refractivity contribution in [1.82, 2.24) is 10.6 Å². The third kappa shape index (κ3) is 4.07. The molecule has 0 unspecified atom stereocenters. The van der Waals surface area contributed by atoms with Crippen molar-refractivity contribution in [2.24, 2.45) is 0 Å². The monoisotopic (exact) mass is 233 g/mol. The van der Waals surface area contributed by atoms with Crippen molar-refractivity contribution in [3.05, 3.63) is 29.8 Å². The quantitative estimate of drug-likeness (QED) is 0.729. The lowest BCUT2D eigenvalue weighted by atomic mass is 10.2. The van der Waals surface area contributed by atoms with Crippen molar-refractivity contribution < 1.29 is 4.79 Å². The van der Waals surface area contributed by atoms with Gasteiger partial charge in [-0.3, -0.25) is 0 Å². The van der Waals surface area contributed by atoms with Gasteiger partial charge in [0, 0.05) is 18.3 Å². The summed E-state index contributed by atoms with van der Waals surface area (Å²) >= 11 is 0. The Hall–Kier alpha value is -1.55. The summed E-state index contributed by atoms with van der Waals surface area (Å²) in [4.78, 5) is 11.5. The van der Waals surface area contributed by atoms with E-state index < -0.39 is 0 Å². The number of nitrogens with one attached hydrogen (secondary N) is 3. The lowest BCUT2D eigenvalue weighted by Crippen LogP contribution is -2.30. The van der Waals surface area contributed by atoms with E-state index in [1.807, 2.05) is 24.3 Å². The molecule has 1 aliphatic carbocycles. The maximum Gasteiger partial charge on any atom is 0.319 e. The number of anilines is 1. The van der Waals surface area contributed by atoms with E-state index in [-0.39, 0.29) is 6.03 Å². The number of urea groups is 1. The highest BCUT2D eigenvalue weighted by atomic mass is 16.2. The van der Waals surface area contributed by atoms with Gasteiger partial charge in [-0.2, -0.15) is 0 Å². The maximum atomic E-state index is 11.5. The zero-order chi connectivity index (χ0) is 12.1. The van der Waals surface area contributed by atoms with Gasteiger partial charge in [0.1, 0.15) is 0 Å². The van der Waals surface area contributed by atoms with Gasteiger partial charge in [-0.25, -0.2) is 4.79 Å². The molecule has 17 heavy (non-hydrogen) atoms. The maximum absolute atomic E-state index is 11.5. The SMILES string of the molecule is CCNCc1ccc(NC(=O)NC2CC2)cc1. The molecule has 0 saturated heterocycles. The van der Waals surface area contributed by atoms with E-state index in [2.05, 4.69) is 22.9 Å². The van der Waals surface area contributed by atoms with Crippen LogP contribution in [0.2, 0.25) is 0 Å². The third-order valence-corrected chi connectivity index (χ3v) is 2.70. The Bertz CT molecular complexity index is 371. The van der Waals surface area contributed by atoms with Crippen LogP contribution >= 0.6 is 0 Å². The van der Waals surface area contributed by atoms with E-state index in [0.29, 0.717) is 6.04 Å². The third-order valence-electron chi connectivity index (χ3n) is 2.70. The van der Waals surface area contributed by atoms with Gasteiger partial charge in [-0.15, -0.1) is 0 Å². The van der Waals surface area contributed by atoms with Crippen molar-refractivity contribution in [3.63, 3.8) is 0 Å². The van der Waals surface area contributed by atoms with Crippen LogP contribution in [0.5, 0.6) is 0 Å². The summed E-state index contributed by atoms with van der Waals surface area (Å²) in [6.07, 6.45) is 2.21. The fraction of sp³-hybridized carbons (Fsp3) is 0.462. The minimum atomic E-state index is -0.105. The Balaban J connectivity index is 1.81. The van der Waals surface area contributed by atoms with E-state index in [4.69, 9.17) is 0 Å². The van der Waals surface area contributed by atoms with Crippen LogP contribution < -0.4 is 16.0 Å². The Morgan fingerprint density at radius 2 is 2.00 bits per heavy atom. The fourth-order valence-electron chi connectivity index (χ4n) is 1.56. The van der Waals surface area contributed by atoms with Crippen molar-refractivity contribution in [2.75, 3.05) is 11.9 Å². The number of carbonyl (C=O) groups is 1. The van der Waals surface area contributed by atoms with E-state index in [9.17, 15) is 4.79 Å². The molecule has 2 rings (SSSR count). The number of amides is 2. The second-order valence-electron chi connectivity index (χ2n) is 4.35. The Kier molecular flexibility index (Phi) is 3.98. The minimum Gasteiger partial charge on any atom is -0.335 e. The molecule has 3 N–H and O–H groups in total. The van der Waals surface area contributed by atoms with Gasteiger partial charge < -0.3 is 16.0 Å². The minimum absolute atomic E-state index is 0.105. The molecule has 1 fully saturated rings. The first-order valence-electron chi connectivity index (χ1n) is 6.15. The fourth-order valence-corrected chi connectivity index (χ4v) is 1.56. The summed E-state index contributed by atoms with van der Waals surface area (Å²) in [6, 6.07) is 8.19. The largest absolute Gasteiger partial charge is 0.335 e. The normalized spacial score (nSPS) is 14.4. The Labute approximate surface area is 102 Å². The van der Waals surface area contributed by atoms with Crippen molar-refractivity contribution in [1.29, 1.82) is 0 Å². The zero-order valence-corrected chi connectivity index (χ0v) is 10.1. The van der Waals surface area contributed by atoms with Gasteiger partial charge in [0.15, 0.2) is 0 Å². The molecule has 0 radical (unpaired) electrons. The van der Waals surface area contributed by atoms with Crippen molar-refractivity contribution in [2.45, 2.75) is 32.4 Å². The second-order valence-corrected chi connectivity index (χ2v) is 4.35. The Morgan fingerprint density at radius 1 is 1.29 bits per heavy atom. The van der Waals surface area contributed by atoms with Crippen LogP contribution in [-0.2, 0) is 6.54 Å². The van der Waals surface area contributed by atoms with Gasteiger partial charge in [0.05, 0.1) is 0 Å². The predicted molar refractivity (Wildman–Crippen MR) is 69.0 cm³/mol. The molecule has 4 nitrogen and oxygen atoms in total. The molecular weight excluding hydrogens is 214 g/mol. The molecule has 0 heterocycles. The van der Waals surface area contributed by atoms with Crippen LogP contribution in [0.3, 0.4) is 0 Å². The van der Waals surface area contributed by atoms with Crippen molar-refractivity contribution in [3.8, 4) is 0 Å². The first kappa shape index (κ1) is 11.9. The van der Waals surface area contributed by atoms with Crippen LogP contribution in [0.15, 0.2) is 24.3 Å². The molecule has 0 atom stereocenters. The highest BCUT2D eigenvalue weighted by Gasteiger charge is 2.22. The summed E-state index contributed by atoms with van der Waals surface area (Å²) in [7, 11) is 0. The van der Waals surface area contributed by atoms with Gasteiger partial charge in [0.2, 0.25) is 0 Å². The number of hydrogen-bond acceptors (Lipinski definition) is 2. The lowest BCUT2D eigenvalue weighted by molar-refractivity contribution is 0.251. The molecule has 1 aliphatic rings. The number of rotatable bonds is 5. The predicted octanol–water partition coefficient (Wildman–Crippen LogP) is 2.08. The van der Waals surface area contributed by atoms with Crippen LogP contribution in [0.1, 0.15) is 25.3 Å². The molecular formula is C13H19N3O. The summed E-state index contributed by atoms with van der Waals surface area (Å²) in [6.45, 7) is 3.91. The van der Waals surface area contributed by atoms with Gasteiger partial charge in [-0.1, -0.05) is 19.1 Å². The van der Waals surface area contributed by atoms with Crippen LogP contribution in [0.4, 0.5) is 10.5 Å². The van der Waals surface area contributed by atoms with E-state index >= 15 is 0 Å². The molecule has 1 aromatic carbocycles. The number of carbonyl (C=O) groups excluding carboxylic acids is 1. The molecule has 1 saturated carbocycles. The van der Waals surface area contributed by atoms with E-state index in [0.717, 1.165) is 31.6 Å². The van der Waals surface area contributed by atoms with Gasteiger partial charge >= 0.3 is 6.03 Å². The molecule has 4 heteroatoms. The molecule has 92 valence electrons. The van der Waals surface area contributed by atoms with Crippen molar-refractivity contribution >= 4 is 11.7 Å². The first-order valence-corrected chi connectivity index (χ1v) is 6.15. The summed E-state index contributed by atoms with van der Waals surface area (Å²) in [5.41, 5.74) is 2.06. The molecule has 0 aromatic heterocycles. The number of hydrogen-bond donors (Lipinski definition) is 3. The average molecular weight is 233 g/mol. The average Bonchev–Trinajstić information content (AvgIpc) is 3.12. The smallest absolute Gasteiger partial charge is 0.319 e. The van der Waals surface area contributed by atoms with E-state index in [1.165, 1.54) is 5.56 Å². The molecule has 0 bridgehead atoms. The number of benzene rings is 1. The summed E-state index contributed by atoms with van der Waals surface area (Å²) in [5.74, 6) is 0. The van der Waals surface area contributed by atoms with Crippen LogP contribution in [-0.4, -0.2) is 18.6 Å². The summed E-state index contributed by atoms with van der Waals surface area (Å²) in [5, 5.41) is 8.97. The summed E-state index contributed by atoms with van der Waals surface area (Å²) < 4.78 is 0. The highest BCUT2D eigenvalue weighted by Crippen LogP contribution is 2.18. The van der Waals surface area contributed by atoms with Gasteiger partial charge in [-0.05, 0) is 37.1 Å².